The first-order valence-corrected chi connectivity index (χ1v) is 4.14. The van der Waals surface area contributed by atoms with E-state index in [-0.39, 0.29) is 18.4 Å². The second-order valence-electron chi connectivity index (χ2n) is 2.76. The lowest BCUT2D eigenvalue weighted by Gasteiger charge is -2.02. The van der Waals surface area contributed by atoms with Gasteiger partial charge in [0, 0.05) is 12.7 Å². The number of amides is 2. The van der Waals surface area contributed by atoms with Gasteiger partial charge in [-0.2, -0.15) is 5.10 Å². The maximum atomic E-state index is 11.4. The van der Waals surface area contributed by atoms with E-state index in [4.69, 9.17) is 0 Å². The summed E-state index contributed by atoms with van der Waals surface area (Å²) in [4.78, 5) is 22.2. The molecule has 0 saturated heterocycles. The molecule has 0 saturated carbocycles. The molecule has 0 aromatic carbocycles. The van der Waals surface area contributed by atoms with Crippen LogP contribution in [0.2, 0.25) is 0 Å². The summed E-state index contributed by atoms with van der Waals surface area (Å²) >= 11 is 0. The Hall–Kier alpha value is -1.85. The summed E-state index contributed by atoms with van der Waals surface area (Å²) in [5, 5.41) is 11.2. The van der Waals surface area contributed by atoms with Crippen molar-refractivity contribution in [3.8, 4) is 0 Å². The number of likely N-dealkylation sites (N-methyl/N-ethyl adjacent to an activating group) is 1. The number of nitrogens with one attached hydrogen (secondary N) is 3. The summed E-state index contributed by atoms with van der Waals surface area (Å²) < 4.78 is 0. The van der Waals surface area contributed by atoms with Gasteiger partial charge < -0.3 is 10.6 Å². The smallest absolute Gasteiger partial charge is 0.255 e. The van der Waals surface area contributed by atoms with Crippen LogP contribution >= 0.6 is 0 Å². The number of H-pyrrole nitrogens is 1. The Balaban J connectivity index is 2.52. The van der Waals surface area contributed by atoms with Crippen molar-refractivity contribution < 1.29 is 9.59 Å². The molecule has 6 heteroatoms. The molecule has 0 aliphatic heterocycles. The molecule has 1 aromatic heterocycles. The molecule has 0 unspecified atom stereocenters. The van der Waals surface area contributed by atoms with Gasteiger partial charge in [-0.25, -0.2) is 0 Å². The van der Waals surface area contributed by atoms with Gasteiger partial charge >= 0.3 is 0 Å². The van der Waals surface area contributed by atoms with Crippen LogP contribution in [0.25, 0.3) is 0 Å². The van der Waals surface area contributed by atoms with Gasteiger partial charge in [0.15, 0.2) is 0 Å². The van der Waals surface area contributed by atoms with E-state index in [9.17, 15) is 9.59 Å². The molecular weight excluding hydrogens is 184 g/mol. The van der Waals surface area contributed by atoms with E-state index >= 15 is 0 Å². The standard InChI is InChI=1S/C8H12N4O2/c1-5-6(3-11-12-5)8(14)10-4-7(13)9-2/h3H,4H2,1-2H3,(H,9,13)(H,10,14)(H,11,12). The van der Waals surface area contributed by atoms with E-state index in [1.807, 2.05) is 0 Å². The quantitative estimate of drug-likeness (QED) is 0.591. The number of carbonyl (C=O) groups is 2. The molecule has 2 amide bonds. The topological polar surface area (TPSA) is 86.9 Å². The fourth-order valence-corrected chi connectivity index (χ4v) is 0.924. The van der Waals surface area contributed by atoms with Gasteiger partial charge in [-0.1, -0.05) is 0 Å². The molecule has 0 spiro atoms. The summed E-state index contributed by atoms with van der Waals surface area (Å²) in [6.07, 6.45) is 1.43. The maximum absolute atomic E-state index is 11.4. The second-order valence-corrected chi connectivity index (χ2v) is 2.76. The maximum Gasteiger partial charge on any atom is 0.255 e. The highest BCUT2D eigenvalue weighted by Crippen LogP contribution is 2.00. The van der Waals surface area contributed by atoms with Crippen molar-refractivity contribution in [2.24, 2.45) is 0 Å². The first-order valence-electron chi connectivity index (χ1n) is 4.14. The van der Waals surface area contributed by atoms with E-state index < -0.39 is 0 Å². The molecule has 0 bridgehead atoms. The van der Waals surface area contributed by atoms with Crippen LogP contribution in [0.1, 0.15) is 16.1 Å². The molecule has 1 rings (SSSR count). The Morgan fingerprint density at radius 1 is 1.57 bits per heavy atom. The van der Waals surface area contributed by atoms with Crippen LogP contribution in [0, 0.1) is 6.92 Å². The van der Waals surface area contributed by atoms with Crippen molar-refractivity contribution in [1.82, 2.24) is 20.8 Å². The van der Waals surface area contributed by atoms with Gasteiger partial charge in [-0.3, -0.25) is 14.7 Å². The summed E-state index contributed by atoms with van der Waals surface area (Å²) in [6.45, 7) is 1.71. The number of carbonyl (C=O) groups excluding carboxylic acids is 2. The van der Waals surface area contributed by atoms with E-state index in [0.717, 1.165) is 0 Å². The van der Waals surface area contributed by atoms with Gasteiger partial charge in [0.05, 0.1) is 18.3 Å². The zero-order valence-electron chi connectivity index (χ0n) is 8.05. The van der Waals surface area contributed by atoms with Crippen LogP contribution in [0.4, 0.5) is 0 Å². The number of rotatable bonds is 3. The lowest BCUT2D eigenvalue weighted by Crippen LogP contribution is -2.35. The highest BCUT2D eigenvalue weighted by Gasteiger charge is 2.10. The minimum absolute atomic E-state index is 0.0278. The average Bonchev–Trinajstić information content (AvgIpc) is 2.60. The van der Waals surface area contributed by atoms with E-state index in [1.54, 1.807) is 6.92 Å². The van der Waals surface area contributed by atoms with E-state index in [2.05, 4.69) is 20.8 Å². The van der Waals surface area contributed by atoms with Crippen molar-refractivity contribution >= 4 is 11.8 Å². The number of nitrogens with zero attached hydrogens (tertiary/aromatic N) is 1. The van der Waals surface area contributed by atoms with Gasteiger partial charge in [-0.05, 0) is 6.92 Å². The van der Waals surface area contributed by atoms with Crippen molar-refractivity contribution in [2.75, 3.05) is 13.6 Å². The molecule has 0 fully saturated rings. The normalized spacial score (nSPS) is 9.57. The fraction of sp³-hybridized carbons (Fsp3) is 0.375. The van der Waals surface area contributed by atoms with Crippen molar-refractivity contribution in [3.05, 3.63) is 17.5 Å². The summed E-state index contributed by atoms with van der Waals surface area (Å²) in [5.74, 6) is -0.542. The lowest BCUT2D eigenvalue weighted by molar-refractivity contribution is -0.119. The summed E-state index contributed by atoms with van der Waals surface area (Å²) in [7, 11) is 1.51. The number of aryl methyl sites for hydroxylation is 1. The SMILES string of the molecule is CNC(=O)CNC(=O)c1cn[nH]c1C. The molecule has 0 radical (unpaired) electrons. The number of hydrogen-bond donors (Lipinski definition) is 3. The Labute approximate surface area is 81.1 Å². The van der Waals surface area contributed by atoms with Crippen molar-refractivity contribution in [2.45, 2.75) is 6.92 Å². The molecule has 6 nitrogen and oxygen atoms in total. The second kappa shape index (κ2) is 4.40. The zero-order valence-corrected chi connectivity index (χ0v) is 8.05. The lowest BCUT2D eigenvalue weighted by atomic mass is 10.2. The molecule has 3 N–H and O–H groups in total. The highest BCUT2D eigenvalue weighted by atomic mass is 16.2. The predicted octanol–water partition coefficient (Wildman–Crippen LogP) is -0.806. The minimum Gasteiger partial charge on any atom is -0.358 e. The molecule has 0 aliphatic rings. The van der Waals surface area contributed by atoms with Crippen LogP contribution in [0.15, 0.2) is 6.20 Å². The Kier molecular flexibility index (Phi) is 3.22. The Bertz CT molecular complexity index is 345. The van der Waals surface area contributed by atoms with Gasteiger partial charge in [0.2, 0.25) is 5.91 Å². The number of aromatic amines is 1. The molecule has 1 heterocycles. The molecule has 1 aromatic rings. The third-order valence-electron chi connectivity index (χ3n) is 1.76. The Morgan fingerprint density at radius 2 is 2.29 bits per heavy atom. The van der Waals surface area contributed by atoms with Gasteiger partial charge in [-0.15, -0.1) is 0 Å². The van der Waals surface area contributed by atoms with Crippen LogP contribution in [-0.4, -0.2) is 35.6 Å². The van der Waals surface area contributed by atoms with Crippen molar-refractivity contribution in [3.63, 3.8) is 0 Å². The van der Waals surface area contributed by atoms with Crippen LogP contribution < -0.4 is 10.6 Å². The molecule has 0 aliphatic carbocycles. The first-order chi connectivity index (χ1) is 6.65. The third kappa shape index (κ3) is 2.32. The van der Waals surface area contributed by atoms with Crippen LogP contribution in [0.3, 0.4) is 0 Å². The number of hydrogen-bond acceptors (Lipinski definition) is 3. The zero-order chi connectivity index (χ0) is 10.6. The van der Waals surface area contributed by atoms with Crippen LogP contribution in [-0.2, 0) is 4.79 Å². The van der Waals surface area contributed by atoms with Gasteiger partial charge in [0.1, 0.15) is 0 Å². The fourth-order valence-electron chi connectivity index (χ4n) is 0.924. The number of aromatic nitrogens is 2. The minimum atomic E-state index is -0.306. The van der Waals surface area contributed by atoms with Gasteiger partial charge in [0.25, 0.3) is 5.91 Å². The van der Waals surface area contributed by atoms with Crippen LogP contribution in [0.5, 0.6) is 0 Å². The average molecular weight is 196 g/mol. The molecule has 14 heavy (non-hydrogen) atoms. The highest BCUT2D eigenvalue weighted by molar-refractivity contribution is 5.97. The van der Waals surface area contributed by atoms with Crippen molar-refractivity contribution in [1.29, 1.82) is 0 Å². The van der Waals surface area contributed by atoms with E-state index in [0.29, 0.717) is 11.3 Å². The third-order valence-corrected chi connectivity index (χ3v) is 1.76. The summed E-state index contributed by atoms with van der Waals surface area (Å²) in [6, 6.07) is 0. The molecule has 76 valence electrons. The largest absolute Gasteiger partial charge is 0.358 e. The summed E-state index contributed by atoms with van der Waals surface area (Å²) in [5.41, 5.74) is 1.13. The first kappa shape index (κ1) is 10.2. The monoisotopic (exact) mass is 196 g/mol. The molecule has 0 atom stereocenters. The Morgan fingerprint density at radius 3 is 2.79 bits per heavy atom. The molecular formula is C8H12N4O2. The predicted molar refractivity (Wildman–Crippen MR) is 49.7 cm³/mol. The van der Waals surface area contributed by atoms with E-state index in [1.165, 1.54) is 13.2 Å².